The lowest BCUT2D eigenvalue weighted by atomic mass is 10.2. The van der Waals surface area contributed by atoms with Gasteiger partial charge in [0, 0.05) is 22.7 Å². The van der Waals surface area contributed by atoms with E-state index in [0.29, 0.717) is 17.3 Å². The Hall–Kier alpha value is -3.38. The average molecular weight is 382 g/mol. The Morgan fingerprint density at radius 3 is 2.41 bits per heavy atom. The number of halogens is 1. The first kappa shape index (κ1) is 18.4. The third-order valence-corrected chi connectivity index (χ3v) is 4.09. The van der Waals surface area contributed by atoms with Crippen LogP contribution in [0.3, 0.4) is 0 Å². The van der Waals surface area contributed by atoms with Gasteiger partial charge in [-0.2, -0.15) is 5.10 Å². The van der Waals surface area contributed by atoms with Gasteiger partial charge in [-0.15, -0.1) is 0 Å². The summed E-state index contributed by atoms with van der Waals surface area (Å²) >= 11 is 6.11. The Balaban J connectivity index is 1.53. The molecule has 136 valence electrons. The van der Waals surface area contributed by atoms with Gasteiger partial charge in [0.2, 0.25) is 0 Å². The third-order valence-electron chi connectivity index (χ3n) is 3.72. The highest BCUT2D eigenvalue weighted by molar-refractivity contribution is 6.31. The highest BCUT2D eigenvalue weighted by Gasteiger charge is 2.03. The van der Waals surface area contributed by atoms with E-state index in [2.05, 4.69) is 10.5 Å². The Kier molecular flexibility index (Phi) is 6.02. The third kappa shape index (κ3) is 5.29. The van der Waals surface area contributed by atoms with Crippen LogP contribution in [-0.2, 0) is 6.61 Å². The lowest BCUT2D eigenvalue weighted by Crippen LogP contribution is -1.96. The van der Waals surface area contributed by atoms with Crippen LogP contribution in [0.4, 0.5) is 11.4 Å². The van der Waals surface area contributed by atoms with Crippen molar-refractivity contribution in [1.29, 1.82) is 0 Å². The standard InChI is InChI=1S/C20H16ClN3O3/c21-20-4-2-1-3-16(20)14-27-19-11-5-15(6-12-19)13-22-23-17-7-9-18(10-8-17)24(25)26/h1-13,23H,14H2. The van der Waals surface area contributed by atoms with Gasteiger partial charge in [0.15, 0.2) is 0 Å². The molecule has 0 radical (unpaired) electrons. The van der Waals surface area contributed by atoms with Crippen molar-refractivity contribution in [2.75, 3.05) is 5.43 Å². The van der Waals surface area contributed by atoms with Crippen LogP contribution >= 0.6 is 11.6 Å². The van der Waals surface area contributed by atoms with Crippen molar-refractivity contribution in [1.82, 2.24) is 0 Å². The minimum atomic E-state index is -0.442. The smallest absolute Gasteiger partial charge is 0.269 e. The first-order valence-corrected chi connectivity index (χ1v) is 8.49. The molecule has 0 heterocycles. The van der Waals surface area contributed by atoms with Crippen LogP contribution in [0.15, 0.2) is 77.9 Å². The van der Waals surface area contributed by atoms with Crippen molar-refractivity contribution in [3.05, 3.63) is 99.1 Å². The summed E-state index contributed by atoms with van der Waals surface area (Å²) in [5.41, 5.74) is 5.34. The molecule has 0 fully saturated rings. The number of hydrogen-bond donors (Lipinski definition) is 1. The summed E-state index contributed by atoms with van der Waals surface area (Å²) in [5.74, 6) is 0.732. The number of rotatable bonds is 7. The van der Waals surface area contributed by atoms with E-state index in [1.807, 2.05) is 48.5 Å². The maximum atomic E-state index is 10.6. The average Bonchev–Trinajstić information content (AvgIpc) is 2.69. The predicted octanol–water partition coefficient (Wildman–Crippen LogP) is 5.27. The van der Waals surface area contributed by atoms with E-state index in [-0.39, 0.29) is 5.69 Å². The molecular weight excluding hydrogens is 366 g/mol. The molecule has 0 spiro atoms. The van der Waals surface area contributed by atoms with Gasteiger partial charge < -0.3 is 4.74 Å². The molecular formula is C20H16ClN3O3. The fraction of sp³-hybridized carbons (Fsp3) is 0.0500. The Bertz CT molecular complexity index is 941. The fourth-order valence-electron chi connectivity index (χ4n) is 2.27. The quantitative estimate of drug-likeness (QED) is 0.343. The summed E-state index contributed by atoms with van der Waals surface area (Å²) in [6, 6.07) is 21.0. The molecule has 0 bridgehead atoms. The van der Waals surface area contributed by atoms with Crippen molar-refractivity contribution in [3.63, 3.8) is 0 Å². The van der Waals surface area contributed by atoms with Crippen molar-refractivity contribution < 1.29 is 9.66 Å². The van der Waals surface area contributed by atoms with Gasteiger partial charge >= 0.3 is 0 Å². The van der Waals surface area contributed by atoms with Gasteiger partial charge in [-0.05, 0) is 48.0 Å². The van der Waals surface area contributed by atoms with Crippen molar-refractivity contribution >= 4 is 29.2 Å². The zero-order chi connectivity index (χ0) is 19.1. The van der Waals surface area contributed by atoms with E-state index < -0.39 is 4.92 Å². The van der Waals surface area contributed by atoms with Crippen LogP contribution < -0.4 is 10.2 Å². The van der Waals surface area contributed by atoms with Crippen molar-refractivity contribution in [3.8, 4) is 5.75 Å². The lowest BCUT2D eigenvalue weighted by Gasteiger charge is -2.07. The van der Waals surface area contributed by atoms with Gasteiger partial charge in [0.05, 0.1) is 16.8 Å². The predicted molar refractivity (Wildman–Crippen MR) is 107 cm³/mol. The minimum absolute atomic E-state index is 0.0388. The molecule has 0 saturated heterocycles. The van der Waals surface area contributed by atoms with Crippen LogP contribution in [-0.4, -0.2) is 11.1 Å². The van der Waals surface area contributed by atoms with E-state index in [4.69, 9.17) is 16.3 Å². The van der Waals surface area contributed by atoms with Gasteiger partial charge in [0.1, 0.15) is 12.4 Å². The zero-order valence-corrected chi connectivity index (χ0v) is 15.0. The number of non-ortho nitro benzene ring substituents is 1. The molecule has 6 nitrogen and oxygen atoms in total. The highest BCUT2D eigenvalue weighted by atomic mass is 35.5. The van der Waals surface area contributed by atoms with Crippen LogP contribution in [0.5, 0.6) is 5.75 Å². The molecule has 0 unspecified atom stereocenters. The molecule has 0 aromatic heterocycles. The van der Waals surface area contributed by atoms with Gasteiger partial charge in [-0.1, -0.05) is 29.8 Å². The van der Waals surface area contributed by atoms with E-state index in [1.54, 1.807) is 18.3 Å². The number of nitro benzene ring substituents is 1. The number of benzene rings is 3. The number of hydrazone groups is 1. The highest BCUT2D eigenvalue weighted by Crippen LogP contribution is 2.19. The van der Waals surface area contributed by atoms with E-state index >= 15 is 0 Å². The molecule has 7 heteroatoms. The minimum Gasteiger partial charge on any atom is -0.489 e. The Morgan fingerprint density at radius 1 is 1.04 bits per heavy atom. The second-order valence-electron chi connectivity index (χ2n) is 5.62. The summed E-state index contributed by atoms with van der Waals surface area (Å²) in [6.07, 6.45) is 1.65. The first-order valence-electron chi connectivity index (χ1n) is 8.11. The Morgan fingerprint density at radius 2 is 1.74 bits per heavy atom. The molecule has 0 aliphatic rings. The molecule has 3 aromatic rings. The summed E-state index contributed by atoms with van der Waals surface area (Å²) in [4.78, 5) is 10.2. The van der Waals surface area contributed by atoms with Gasteiger partial charge in [0.25, 0.3) is 5.69 Å². The summed E-state index contributed by atoms with van der Waals surface area (Å²) < 4.78 is 5.73. The molecule has 0 aliphatic carbocycles. The summed E-state index contributed by atoms with van der Waals surface area (Å²) in [6.45, 7) is 0.398. The maximum Gasteiger partial charge on any atom is 0.269 e. The zero-order valence-electron chi connectivity index (χ0n) is 14.2. The second kappa shape index (κ2) is 8.82. The number of anilines is 1. The summed E-state index contributed by atoms with van der Waals surface area (Å²) in [5, 5.41) is 15.4. The Labute approximate surface area is 161 Å². The fourth-order valence-corrected chi connectivity index (χ4v) is 2.46. The molecule has 0 amide bonds. The van der Waals surface area contributed by atoms with Gasteiger partial charge in [-0.3, -0.25) is 15.5 Å². The lowest BCUT2D eigenvalue weighted by molar-refractivity contribution is -0.384. The van der Waals surface area contributed by atoms with E-state index in [1.165, 1.54) is 12.1 Å². The summed E-state index contributed by atoms with van der Waals surface area (Å²) in [7, 11) is 0. The molecule has 27 heavy (non-hydrogen) atoms. The van der Waals surface area contributed by atoms with Crippen molar-refractivity contribution in [2.24, 2.45) is 5.10 Å². The van der Waals surface area contributed by atoms with Gasteiger partial charge in [-0.25, -0.2) is 0 Å². The number of nitrogens with one attached hydrogen (secondary N) is 1. The number of hydrogen-bond acceptors (Lipinski definition) is 5. The number of nitro groups is 1. The van der Waals surface area contributed by atoms with Crippen LogP contribution in [0, 0.1) is 10.1 Å². The molecule has 0 saturated carbocycles. The normalized spacial score (nSPS) is 10.7. The van der Waals surface area contributed by atoms with Crippen molar-refractivity contribution in [2.45, 2.75) is 6.61 Å². The maximum absolute atomic E-state index is 10.6. The molecule has 0 aliphatic heterocycles. The first-order chi connectivity index (χ1) is 13.1. The molecule has 3 rings (SSSR count). The number of ether oxygens (including phenoxy) is 1. The molecule has 1 N–H and O–H groups in total. The van der Waals surface area contributed by atoms with Crippen LogP contribution in [0.1, 0.15) is 11.1 Å². The number of nitrogens with zero attached hydrogens (tertiary/aromatic N) is 2. The topological polar surface area (TPSA) is 76.8 Å². The second-order valence-corrected chi connectivity index (χ2v) is 6.03. The SMILES string of the molecule is O=[N+]([O-])c1ccc(NN=Cc2ccc(OCc3ccccc3Cl)cc2)cc1. The van der Waals surface area contributed by atoms with Crippen LogP contribution in [0.25, 0.3) is 0 Å². The van der Waals surface area contributed by atoms with Crippen LogP contribution in [0.2, 0.25) is 5.02 Å². The largest absolute Gasteiger partial charge is 0.489 e. The van der Waals surface area contributed by atoms with E-state index in [9.17, 15) is 10.1 Å². The molecule has 3 aromatic carbocycles. The van der Waals surface area contributed by atoms with E-state index in [0.717, 1.165) is 16.9 Å². The molecule has 0 atom stereocenters. The monoisotopic (exact) mass is 381 g/mol.